The van der Waals surface area contributed by atoms with E-state index in [1.165, 1.54) is 103 Å². The van der Waals surface area contributed by atoms with Gasteiger partial charge in [0.25, 0.3) is 0 Å². The lowest BCUT2D eigenvalue weighted by Gasteiger charge is -2.04. The number of rotatable bonds is 19. The van der Waals surface area contributed by atoms with Crippen LogP contribution in [0.5, 0.6) is 0 Å². The first-order chi connectivity index (χ1) is 11.3. The maximum Gasteiger partial charge on any atom is 0.202 e. The van der Waals surface area contributed by atoms with E-state index in [0.29, 0.717) is 6.54 Å². The van der Waals surface area contributed by atoms with Crippen molar-refractivity contribution in [2.24, 2.45) is 0 Å². The molecule has 0 heterocycles. The third kappa shape index (κ3) is 24.1. The molecule has 0 aromatic rings. The Kier molecular flexibility index (Phi) is 24.8. The molecule has 0 bridgehead atoms. The molecule has 0 saturated heterocycles. The van der Waals surface area contributed by atoms with Crippen molar-refractivity contribution in [1.82, 2.24) is 0 Å². The van der Waals surface area contributed by atoms with Gasteiger partial charge in [0, 0.05) is 0 Å². The summed E-state index contributed by atoms with van der Waals surface area (Å²) in [5.74, 6) is 0. The highest BCUT2D eigenvalue weighted by Crippen LogP contribution is 2.13. The summed E-state index contributed by atoms with van der Waals surface area (Å²) in [4.78, 5) is 0. The minimum absolute atomic E-state index is 0. The second kappa shape index (κ2) is 22.8. The highest BCUT2D eigenvalue weighted by Gasteiger charge is 1.99. The smallest absolute Gasteiger partial charge is 0.202 e. The van der Waals surface area contributed by atoms with Crippen LogP contribution in [0.25, 0.3) is 0 Å². The molecule has 0 amide bonds. The zero-order chi connectivity index (χ0) is 17.0. The molecular weight excluding hydrogens is 302 g/mol. The molecule has 0 saturated carbocycles. The van der Waals surface area contributed by atoms with Crippen molar-refractivity contribution in [3.63, 3.8) is 0 Å². The number of nitrogens with two attached hydrogens (primary N) is 1. The fourth-order valence-electron chi connectivity index (χ4n) is 3.10. The topological polar surface area (TPSA) is 87.1 Å². The van der Waals surface area contributed by atoms with Crippen molar-refractivity contribution in [2.75, 3.05) is 13.1 Å². The van der Waals surface area contributed by atoms with Crippen molar-refractivity contribution in [3.8, 4) is 0 Å². The zero-order valence-corrected chi connectivity index (χ0v) is 16.2. The van der Waals surface area contributed by atoms with E-state index in [4.69, 9.17) is 10.2 Å². The molecule has 0 aliphatic heterocycles. The molecule has 0 spiro atoms. The first kappa shape index (κ1) is 26.1. The Bertz CT molecular complexity index is 213. The molecular formula is C20H45NO3. The Morgan fingerprint density at radius 1 is 0.583 bits per heavy atom. The van der Waals surface area contributed by atoms with E-state index >= 15 is 0 Å². The maximum absolute atomic E-state index is 8.71. The van der Waals surface area contributed by atoms with E-state index in [1.54, 1.807) is 0 Å². The van der Waals surface area contributed by atoms with Crippen LogP contribution in [0.15, 0.2) is 0 Å². The van der Waals surface area contributed by atoms with Crippen LogP contribution in [-0.4, -0.2) is 35.1 Å². The first-order valence-electron chi connectivity index (χ1n) is 10.4. The summed E-state index contributed by atoms with van der Waals surface area (Å²) in [5.41, 5.74) is 0. The van der Waals surface area contributed by atoms with E-state index in [2.05, 4.69) is 6.92 Å². The molecule has 0 atom stereocenters. The van der Waals surface area contributed by atoms with Gasteiger partial charge < -0.3 is 21.0 Å². The summed E-state index contributed by atoms with van der Waals surface area (Å²) in [6.07, 6.45) is 21.2. The minimum Gasteiger partial charge on any atom is -0.870 e. The van der Waals surface area contributed by atoms with Gasteiger partial charge in [-0.2, -0.15) is 0 Å². The van der Waals surface area contributed by atoms with Gasteiger partial charge in [-0.3, -0.25) is 0 Å². The standard InChI is InChI=1S/C20H43NO2.H2O/c1-2-3-4-5-6-7-8-9-10-11-12-13-14-15-16-17-18-21-19-20(22)23;/h20-23H,2-19H2,1H3;1H2. The Morgan fingerprint density at radius 2 is 0.917 bits per heavy atom. The van der Waals surface area contributed by atoms with Gasteiger partial charge in [0.05, 0.1) is 6.54 Å². The molecule has 5 N–H and O–H groups in total. The predicted molar refractivity (Wildman–Crippen MR) is 101 cm³/mol. The Morgan fingerprint density at radius 3 is 1.25 bits per heavy atom. The lowest BCUT2D eigenvalue weighted by molar-refractivity contribution is -0.667. The van der Waals surface area contributed by atoms with Gasteiger partial charge >= 0.3 is 0 Å². The van der Waals surface area contributed by atoms with E-state index in [0.717, 1.165) is 6.54 Å². The van der Waals surface area contributed by atoms with Crippen LogP contribution in [0.4, 0.5) is 0 Å². The maximum atomic E-state index is 8.71. The summed E-state index contributed by atoms with van der Waals surface area (Å²) < 4.78 is 0. The molecule has 0 aliphatic carbocycles. The van der Waals surface area contributed by atoms with E-state index in [1.807, 2.05) is 5.32 Å². The lowest BCUT2D eigenvalue weighted by atomic mass is 10.0. The second-order valence-corrected chi connectivity index (χ2v) is 7.10. The van der Waals surface area contributed by atoms with Gasteiger partial charge in [0.1, 0.15) is 6.54 Å². The average molecular weight is 348 g/mol. The van der Waals surface area contributed by atoms with Crippen LogP contribution in [0.3, 0.4) is 0 Å². The molecule has 0 unspecified atom stereocenters. The number of hydrogen-bond acceptors (Lipinski definition) is 3. The summed E-state index contributed by atoms with van der Waals surface area (Å²) in [5, 5.41) is 19.4. The third-order valence-corrected chi connectivity index (χ3v) is 4.64. The highest BCUT2D eigenvalue weighted by atomic mass is 16.5. The molecule has 0 aromatic carbocycles. The minimum atomic E-state index is -1.16. The average Bonchev–Trinajstić information content (AvgIpc) is 2.53. The molecule has 0 fully saturated rings. The van der Waals surface area contributed by atoms with Crippen LogP contribution < -0.4 is 5.32 Å². The van der Waals surface area contributed by atoms with Gasteiger partial charge in [0.15, 0.2) is 0 Å². The van der Waals surface area contributed by atoms with Gasteiger partial charge in [-0.15, -0.1) is 0 Å². The number of unbranched alkanes of at least 4 members (excludes halogenated alkanes) is 15. The van der Waals surface area contributed by atoms with E-state index in [-0.39, 0.29) is 5.48 Å². The molecule has 0 aliphatic rings. The lowest BCUT2D eigenvalue weighted by Crippen LogP contribution is -2.86. The number of aliphatic hydroxyl groups is 2. The van der Waals surface area contributed by atoms with Gasteiger partial charge in [0.2, 0.25) is 6.29 Å². The van der Waals surface area contributed by atoms with E-state index < -0.39 is 6.29 Å². The summed E-state index contributed by atoms with van der Waals surface area (Å²) in [6, 6.07) is 0. The summed E-state index contributed by atoms with van der Waals surface area (Å²) in [6.45, 7) is 3.72. The number of aliphatic hydroxyl groups excluding tert-OH is 1. The molecule has 0 aromatic heterocycles. The van der Waals surface area contributed by atoms with Crippen molar-refractivity contribution < 1.29 is 21.0 Å². The van der Waals surface area contributed by atoms with Crippen molar-refractivity contribution in [1.29, 1.82) is 0 Å². The Labute approximate surface area is 150 Å². The van der Waals surface area contributed by atoms with Crippen LogP contribution in [-0.2, 0) is 0 Å². The van der Waals surface area contributed by atoms with Crippen LogP contribution in [0.2, 0.25) is 0 Å². The summed E-state index contributed by atoms with van der Waals surface area (Å²) in [7, 11) is 0. The quantitative estimate of drug-likeness (QED) is 0.244. The van der Waals surface area contributed by atoms with Crippen LogP contribution in [0.1, 0.15) is 110 Å². The molecule has 4 nitrogen and oxygen atoms in total. The largest absolute Gasteiger partial charge is 0.870 e. The van der Waals surface area contributed by atoms with Crippen LogP contribution in [0, 0.1) is 0 Å². The Balaban J connectivity index is 0. The molecule has 4 heteroatoms. The zero-order valence-electron chi connectivity index (χ0n) is 16.2. The van der Waals surface area contributed by atoms with Crippen molar-refractivity contribution in [2.45, 2.75) is 116 Å². The number of quaternary nitrogens is 1. The number of hydrogen-bond donors (Lipinski definition) is 3. The molecule has 148 valence electrons. The highest BCUT2D eigenvalue weighted by molar-refractivity contribution is 4.49. The Hall–Kier alpha value is -0.160. The SMILES string of the molecule is CCCCCCCCCCCCCCCCCC[NH2+]CC(O)O.[OH-]. The fraction of sp³-hybridized carbons (Fsp3) is 1.00. The fourth-order valence-corrected chi connectivity index (χ4v) is 3.10. The third-order valence-electron chi connectivity index (χ3n) is 4.64. The molecule has 0 rings (SSSR count). The molecule has 24 heavy (non-hydrogen) atoms. The van der Waals surface area contributed by atoms with Gasteiger partial charge in [-0.25, -0.2) is 0 Å². The summed E-state index contributed by atoms with van der Waals surface area (Å²) >= 11 is 0. The predicted octanol–water partition coefficient (Wildman–Crippen LogP) is 3.95. The first-order valence-corrected chi connectivity index (χ1v) is 10.4. The van der Waals surface area contributed by atoms with E-state index in [9.17, 15) is 0 Å². The van der Waals surface area contributed by atoms with Crippen molar-refractivity contribution >= 4 is 0 Å². The van der Waals surface area contributed by atoms with Crippen molar-refractivity contribution in [3.05, 3.63) is 0 Å². The normalized spacial score (nSPS) is 11.0. The second-order valence-electron chi connectivity index (χ2n) is 7.10. The monoisotopic (exact) mass is 347 g/mol. The van der Waals surface area contributed by atoms with Crippen LogP contribution >= 0.6 is 0 Å². The molecule has 0 radical (unpaired) electrons. The van der Waals surface area contributed by atoms with Gasteiger partial charge in [-0.05, 0) is 12.8 Å². The van der Waals surface area contributed by atoms with Gasteiger partial charge in [-0.1, -0.05) is 96.8 Å².